The minimum absolute atomic E-state index is 0.0423. The maximum Gasteiger partial charge on any atom is 0.243 e. The van der Waals surface area contributed by atoms with Gasteiger partial charge in [-0.2, -0.15) is 9.57 Å². The highest BCUT2D eigenvalue weighted by Gasteiger charge is 2.35. The number of benzene rings is 1. The van der Waals surface area contributed by atoms with Crippen molar-refractivity contribution >= 4 is 10.0 Å². The SMILES string of the molecule is CC1CC(C)N(S(=O)(=O)c2ccc(C#N)cc2)C1. The summed E-state index contributed by atoms with van der Waals surface area (Å²) in [6.45, 7) is 4.57. The van der Waals surface area contributed by atoms with Crippen molar-refractivity contribution in [1.29, 1.82) is 5.26 Å². The van der Waals surface area contributed by atoms with Gasteiger partial charge in [-0.3, -0.25) is 0 Å². The Bertz CT molecular complexity index is 572. The van der Waals surface area contributed by atoms with E-state index in [0.29, 0.717) is 18.0 Å². The van der Waals surface area contributed by atoms with E-state index in [9.17, 15) is 8.42 Å². The molecule has 1 aromatic carbocycles. The molecule has 1 aliphatic heterocycles. The highest BCUT2D eigenvalue weighted by Crippen LogP contribution is 2.28. The molecule has 96 valence electrons. The molecule has 0 spiro atoms. The topological polar surface area (TPSA) is 61.2 Å². The van der Waals surface area contributed by atoms with Crippen LogP contribution in [0.25, 0.3) is 0 Å². The summed E-state index contributed by atoms with van der Waals surface area (Å²) >= 11 is 0. The van der Waals surface area contributed by atoms with E-state index < -0.39 is 10.0 Å². The number of nitrogens with zero attached hydrogens (tertiary/aromatic N) is 2. The van der Waals surface area contributed by atoms with E-state index in [-0.39, 0.29) is 10.9 Å². The zero-order valence-electron chi connectivity index (χ0n) is 10.5. The molecule has 5 heteroatoms. The third-order valence-corrected chi connectivity index (χ3v) is 5.31. The fourth-order valence-electron chi connectivity index (χ4n) is 2.43. The first-order valence-electron chi connectivity index (χ1n) is 5.97. The first-order chi connectivity index (χ1) is 8.45. The molecule has 0 N–H and O–H groups in total. The summed E-state index contributed by atoms with van der Waals surface area (Å²) in [7, 11) is -3.42. The van der Waals surface area contributed by atoms with Gasteiger partial charge in [-0.15, -0.1) is 0 Å². The highest BCUT2D eigenvalue weighted by atomic mass is 32.2. The second kappa shape index (κ2) is 4.71. The molecule has 0 radical (unpaired) electrons. The minimum Gasteiger partial charge on any atom is -0.207 e. The number of rotatable bonds is 2. The van der Waals surface area contributed by atoms with Crippen LogP contribution in [-0.2, 0) is 10.0 Å². The van der Waals surface area contributed by atoms with Crippen molar-refractivity contribution in [3.8, 4) is 6.07 Å². The van der Waals surface area contributed by atoms with Crippen LogP contribution in [0.15, 0.2) is 29.2 Å². The molecule has 1 aliphatic rings. The lowest BCUT2D eigenvalue weighted by atomic mass is 10.1. The van der Waals surface area contributed by atoms with Gasteiger partial charge in [-0.25, -0.2) is 8.42 Å². The van der Waals surface area contributed by atoms with Crippen LogP contribution in [-0.4, -0.2) is 25.3 Å². The summed E-state index contributed by atoms with van der Waals surface area (Å²) in [6.07, 6.45) is 0.898. The Hall–Kier alpha value is -1.38. The van der Waals surface area contributed by atoms with Crippen LogP contribution in [0.2, 0.25) is 0 Å². The van der Waals surface area contributed by atoms with Crippen molar-refractivity contribution in [2.75, 3.05) is 6.54 Å². The summed E-state index contributed by atoms with van der Waals surface area (Å²) in [5, 5.41) is 8.71. The smallest absolute Gasteiger partial charge is 0.207 e. The molecule has 0 saturated carbocycles. The van der Waals surface area contributed by atoms with Gasteiger partial charge in [0.25, 0.3) is 0 Å². The maximum absolute atomic E-state index is 12.4. The van der Waals surface area contributed by atoms with Crippen LogP contribution in [0.4, 0.5) is 0 Å². The Morgan fingerprint density at radius 2 is 1.89 bits per heavy atom. The summed E-state index contributed by atoms with van der Waals surface area (Å²) in [4.78, 5) is 0.266. The number of nitriles is 1. The van der Waals surface area contributed by atoms with Crippen molar-refractivity contribution in [1.82, 2.24) is 4.31 Å². The molecule has 0 aromatic heterocycles. The van der Waals surface area contributed by atoms with E-state index >= 15 is 0 Å². The van der Waals surface area contributed by atoms with Crippen LogP contribution < -0.4 is 0 Å². The average Bonchev–Trinajstić information content (AvgIpc) is 2.69. The predicted molar refractivity (Wildman–Crippen MR) is 68.3 cm³/mol. The van der Waals surface area contributed by atoms with Crippen LogP contribution >= 0.6 is 0 Å². The Morgan fingerprint density at radius 1 is 1.28 bits per heavy atom. The molecule has 1 saturated heterocycles. The molecule has 0 bridgehead atoms. The fourth-order valence-corrected chi connectivity index (χ4v) is 4.19. The van der Waals surface area contributed by atoms with Crippen molar-refractivity contribution in [3.05, 3.63) is 29.8 Å². The number of sulfonamides is 1. The van der Waals surface area contributed by atoms with Gasteiger partial charge in [0.2, 0.25) is 10.0 Å². The van der Waals surface area contributed by atoms with E-state index in [0.717, 1.165) is 6.42 Å². The Morgan fingerprint density at radius 3 is 2.33 bits per heavy atom. The third kappa shape index (κ3) is 2.26. The molecular formula is C13H16N2O2S. The van der Waals surface area contributed by atoms with Gasteiger partial charge in [0.05, 0.1) is 16.5 Å². The molecule has 2 rings (SSSR count). The summed E-state index contributed by atoms with van der Waals surface area (Å²) < 4.78 is 26.4. The third-order valence-electron chi connectivity index (χ3n) is 3.32. The van der Waals surface area contributed by atoms with Crippen LogP contribution in [0.3, 0.4) is 0 Å². The maximum atomic E-state index is 12.4. The quantitative estimate of drug-likeness (QED) is 0.820. The monoisotopic (exact) mass is 264 g/mol. The van der Waals surface area contributed by atoms with Gasteiger partial charge >= 0.3 is 0 Å². The van der Waals surface area contributed by atoms with E-state index in [1.165, 1.54) is 24.3 Å². The van der Waals surface area contributed by atoms with Crippen molar-refractivity contribution in [2.24, 2.45) is 5.92 Å². The molecule has 1 fully saturated rings. The van der Waals surface area contributed by atoms with Crippen LogP contribution in [0.5, 0.6) is 0 Å². The Kier molecular flexibility index (Phi) is 3.42. The molecule has 0 amide bonds. The lowest BCUT2D eigenvalue weighted by Gasteiger charge is -2.20. The molecule has 1 aromatic rings. The van der Waals surface area contributed by atoms with Gasteiger partial charge in [0.1, 0.15) is 0 Å². The summed E-state index contributed by atoms with van der Waals surface area (Å²) in [6, 6.07) is 8.11. The van der Waals surface area contributed by atoms with Crippen LogP contribution in [0.1, 0.15) is 25.8 Å². The van der Waals surface area contributed by atoms with Gasteiger partial charge in [-0.05, 0) is 43.5 Å². The van der Waals surface area contributed by atoms with Crippen molar-refractivity contribution in [3.63, 3.8) is 0 Å². The summed E-state index contributed by atoms with van der Waals surface area (Å²) in [5.74, 6) is 0.396. The second-order valence-corrected chi connectivity index (χ2v) is 6.79. The second-order valence-electron chi connectivity index (χ2n) is 4.90. The highest BCUT2D eigenvalue weighted by molar-refractivity contribution is 7.89. The van der Waals surface area contributed by atoms with Crippen molar-refractivity contribution in [2.45, 2.75) is 31.2 Å². The lowest BCUT2D eigenvalue weighted by molar-refractivity contribution is 0.405. The minimum atomic E-state index is -3.42. The predicted octanol–water partition coefficient (Wildman–Crippen LogP) is 1.98. The average molecular weight is 264 g/mol. The Balaban J connectivity index is 2.33. The van der Waals surface area contributed by atoms with Crippen LogP contribution in [0, 0.1) is 17.2 Å². The first-order valence-corrected chi connectivity index (χ1v) is 7.41. The van der Waals surface area contributed by atoms with Gasteiger partial charge in [-0.1, -0.05) is 6.92 Å². The number of hydrogen-bond acceptors (Lipinski definition) is 3. The number of hydrogen-bond donors (Lipinski definition) is 0. The molecule has 4 nitrogen and oxygen atoms in total. The van der Waals surface area contributed by atoms with Gasteiger partial charge < -0.3 is 0 Å². The summed E-state index contributed by atoms with van der Waals surface area (Å²) in [5.41, 5.74) is 0.469. The molecule has 0 aliphatic carbocycles. The zero-order chi connectivity index (χ0) is 13.3. The van der Waals surface area contributed by atoms with E-state index in [4.69, 9.17) is 5.26 Å². The van der Waals surface area contributed by atoms with Gasteiger partial charge in [0, 0.05) is 12.6 Å². The molecule has 2 atom stereocenters. The Labute approximate surface area is 108 Å². The normalized spacial score (nSPS) is 24.9. The van der Waals surface area contributed by atoms with E-state index in [1.54, 1.807) is 4.31 Å². The lowest BCUT2D eigenvalue weighted by Crippen LogP contribution is -2.33. The standard InChI is InChI=1S/C13H16N2O2S/c1-10-7-11(2)15(9-10)18(16,17)13-5-3-12(8-14)4-6-13/h3-6,10-11H,7,9H2,1-2H3. The zero-order valence-corrected chi connectivity index (χ0v) is 11.3. The largest absolute Gasteiger partial charge is 0.243 e. The van der Waals surface area contributed by atoms with Gasteiger partial charge in [0.15, 0.2) is 0 Å². The van der Waals surface area contributed by atoms with E-state index in [1.807, 2.05) is 13.0 Å². The first kappa shape index (κ1) is 13.1. The molecule has 2 unspecified atom stereocenters. The fraction of sp³-hybridized carbons (Fsp3) is 0.462. The van der Waals surface area contributed by atoms with E-state index in [2.05, 4.69) is 6.92 Å². The molecule has 1 heterocycles. The molecular weight excluding hydrogens is 248 g/mol. The van der Waals surface area contributed by atoms with Crippen molar-refractivity contribution < 1.29 is 8.42 Å². The molecule has 18 heavy (non-hydrogen) atoms.